The third kappa shape index (κ3) is 2.20. The monoisotopic (exact) mass is 269 g/mol. The highest BCUT2D eigenvalue weighted by atomic mass is 32.1. The van der Waals surface area contributed by atoms with Gasteiger partial charge in [-0.3, -0.25) is 4.90 Å². The molecule has 0 radical (unpaired) electrons. The number of rotatable bonds is 2. The SMILES string of the molecule is Oc1ccc(C2N=NC(=S)N2c2ccccc2)cc1. The second-order valence-electron chi connectivity index (χ2n) is 4.17. The molecule has 1 unspecified atom stereocenters. The summed E-state index contributed by atoms with van der Waals surface area (Å²) in [4.78, 5) is 1.89. The van der Waals surface area contributed by atoms with Crippen LogP contribution in [0.5, 0.6) is 5.75 Å². The lowest BCUT2D eigenvalue weighted by Gasteiger charge is -2.23. The van der Waals surface area contributed by atoms with E-state index in [4.69, 9.17) is 12.2 Å². The molecule has 1 aliphatic heterocycles. The molecule has 0 saturated carbocycles. The van der Waals surface area contributed by atoms with Crippen molar-refractivity contribution in [3.8, 4) is 5.75 Å². The number of azo groups is 1. The number of hydrogen-bond acceptors (Lipinski definition) is 3. The number of anilines is 1. The van der Waals surface area contributed by atoms with Crippen molar-refractivity contribution >= 4 is 23.0 Å². The second-order valence-corrected chi connectivity index (χ2v) is 4.53. The summed E-state index contributed by atoms with van der Waals surface area (Å²) in [6, 6.07) is 16.7. The number of nitrogens with zero attached hydrogens (tertiary/aromatic N) is 3. The summed E-state index contributed by atoms with van der Waals surface area (Å²) < 4.78 is 0. The van der Waals surface area contributed by atoms with Gasteiger partial charge in [0.2, 0.25) is 5.11 Å². The fraction of sp³-hybridized carbons (Fsp3) is 0.0714. The van der Waals surface area contributed by atoms with Crippen LogP contribution >= 0.6 is 12.2 Å². The summed E-state index contributed by atoms with van der Waals surface area (Å²) >= 11 is 5.24. The van der Waals surface area contributed by atoms with Crippen LogP contribution in [0.25, 0.3) is 0 Å². The molecule has 1 atom stereocenters. The summed E-state index contributed by atoms with van der Waals surface area (Å²) in [5.41, 5.74) is 1.89. The van der Waals surface area contributed by atoms with Crippen LogP contribution in [-0.4, -0.2) is 10.2 Å². The molecule has 0 aliphatic carbocycles. The smallest absolute Gasteiger partial charge is 0.222 e. The van der Waals surface area contributed by atoms with Crippen LogP contribution in [0, 0.1) is 0 Å². The van der Waals surface area contributed by atoms with Gasteiger partial charge in [0.15, 0.2) is 6.17 Å². The number of benzene rings is 2. The number of para-hydroxylation sites is 1. The standard InChI is InChI=1S/C14H11N3OS/c18-12-8-6-10(7-9-12)13-15-16-14(19)17(13)11-4-2-1-3-5-11/h1-9,13,18H. The fourth-order valence-corrected chi connectivity index (χ4v) is 2.26. The van der Waals surface area contributed by atoms with E-state index in [0.717, 1.165) is 11.3 Å². The first kappa shape index (κ1) is 11.8. The van der Waals surface area contributed by atoms with Gasteiger partial charge in [-0.1, -0.05) is 30.3 Å². The molecule has 3 rings (SSSR count). The number of phenolic OH excluding ortho intramolecular Hbond substituents is 1. The van der Waals surface area contributed by atoms with E-state index in [9.17, 15) is 5.11 Å². The summed E-state index contributed by atoms with van der Waals surface area (Å²) in [6.07, 6.45) is -0.268. The number of phenols is 1. The molecular formula is C14H11N3OS. The average molecular weight is 269 g/mol. The zero-order valence-corrected chi connectivity index (χ0v) is 10.8. The molecule has 19 heavy (non-hydrogen) atoms. The molecule has 94 valence electrons. The lowest BCUT2D eigenvalue weighted by Crippen LogP contribution is -2.26. The van der Waals surface area contributed by atoms with Crippen molar-refractivity contribution in [1.29, 1.82) is 0 Å². The fourth-order valence-electron chi connectivity index (χ4n) is 2.01. The molecule has 0 spiro atoms. The molecule has 1 aliphatic rings. The minimum Gasteiger partial charge on any atom is -0.508 e. The predicted octanol–water partition coefficient (Wildman–Crippen LogP) is 3.65. The number of aromatic hydroxyl groups is 1. The van der Waals surface area contributed by atoms with Crippen LogP contribution in [0.15, 0.2) is 64.8 Å². The van der Waals surface area contributed by atoms with E-state index in [-0.39, 0.29) is 11.9 Å². The van der Waals surface area contributed by atoms with E-state index in [0.29, 0.717) is 5.11 Å². The summed E-state index contributed by atoms with van der Waals surface area (Å²) in [5, 5.41) is 18.0. The van der Waals surface area contributed by atoms with Crippen molar-refractivity contribution in [3.63, 3.8) is 0 Å². The number of hydrogen-bond donors (Lipinski definition) is 1. The molecule has 5 heteroatoms. The molecule has 0 aromatic heterocycles. The molecule has 2 aromatic rings. The molecule has 0 amide bonds. The van der Waals surface area contributed by atoms with Gasteiger partial charge < -0.3 is 5.11 Å². The zero-order chi connectivity index (χ0) is 13.2. The lowest BCUT2D eigenvalue weighted by molar-refractivity contribution is 0.475. The van der Waals surface area contributed by atoms with E-state index < -0.39 is 0 Å². The van der Waals surface area contributed by atoms with E-state index in [2.05, 4.69) is 10.2 Å². The van der Waals surface area contributed by atoms with Gasteiger partial charge >= 0.3 is 0 Å². The molecule has 4 nitrogen and oxygen atoms in total. The van der Waals surface area contributed by atoms with Crippen molar-refractivity contribution in [2.45, 2.75) is 6.17 Å². The Bertz CT molecular complexity index is 625. The second kappa shape index (κ2) is 4.78. The Kier molecular flexibility index (Phi) is 2.97. The molecule has 0 fully saturated rings. The first-order valence-corrected chi connectivity index (χ1v) is 6.24. The maximum atomic E-state index is 9.34. The van der Waals surface area contributed by atoms with Crippen LogP contribution < -0.4 is 4.90 Å². The molecule has 2 aromatic carbocycles. The van der Waals surface area contributed by atoms with Crippen LogP contribution in [0.2, 0.25) is 0 Å². The largest absolute Gasteiger partial charge is 0.508 e. The van der Waals surface area contributed by atoms with Crippen molar-refractivity contribution in [2.24, 2.45) is 10.2 Å². The van der Waals surface area contributed by atoms with Crippen molar-refractivity contribution < 1.29 is 5.11 Å². The summed E-state index contributed by atoms with van der Waals surface area (Å²) in [7, 11) is 0. The molecule has 0 bridgehead atoms. The minimum absolute atomic E-state index is 0.229. The first-order valence-electron chi connectivity index (χ1n) is 5.84. The van der Waals surface area contributed by atoms with Gasteiger partial charge in [0.25, 0.3) is 0 Å². The van der Waals surface area contributed by atoms with Gasteiger partial charge in [0.1, 0.15) is 5.75 Å². The zero-order valence-electron chi connectivity index (χ0n) is 9.97. The first-order chi connectivity index (χ1) is 9.25. The predicted molar refractivity (Wildman–Crippen MR) is 77.2 cm³/mol. The minimum atomic E-state index is -0.268. The van der Waals surface area contributed by atoms with E-state index in [1.54, 1.807) is 12.1 Å². The highest BCUT2D eigenvalue weighted by Crippen LogP contribution is 2.34. The van der Waals surface area contributed by atoms with E-state index in [1.165, 1.54) is 0 Å². The Morgan fingerprint density at radius 2 is 1.68 bits per heavy atom. The van der Waals surface area contributed by atoms with Crippen LogP contribution in [-0.2, 0) is 0 Å². The quantitative estimate of drug-likeness (QED) is 0.847. The highest BCUT2D eigenvalue weighted by Gasteiger charge is 2.29. The Balaban J connectivity index is 1.99. The molecule has 0 saturated heterocycles. The van der Waals surface area contributed by atoms with Gasteiger partial charge in [-0.2, -0.15) is 5.11 Å². The topological polar surface area (TPSA) is 48.2 Å². The van der Waals surface area contributed by atoms with Crippen molar-refractivity contribution in [3.05, 3.63) is 60.2 Å². The maximum absolute atomic E-state index is 9.34. The van der Waals surface area contributed by atoms with E-state index >= 15 is 0 Å². The average Bonchev–Trinajstić information content (AvgIpc) is 2.82. The Morgan fingerprint density at radius 3 is 2.37 bits per heavy atom. The summed E-state index contributed by atoms with van der Waals surface area (Å²) in [6.45, 7) is 0. The Labute approximate surface area is 116 Å². The normalized spacial score (nSPS) is 18.0. The van der Waals surface area contributed by atoms with Crippen LogP contribution in [0.1, 0.15) is 11.7 Å². The Morgan fingerprint density at radius 1 is 1.00 bits per heavy atom. The van der Waals surface area contributed by atoms with Gasteiger partial charge in [0, 0.05) is 5.69 Å². The van der Waals surface area contributed by atoms with Crippen LogP contribution in [0.4, 0.5) is 5.69 Å². The van der Waals surface area contributed by atoms with Gasteiger partial charge in [-0.05, 0) is 42.0 Å². The van der Waals surface area contributed by atoms with E-state index in [1.807, 2.05) is 47.4 Å². The summed E-state index contributed by atoms with van der Waals surface area (Å²) in [5.74, 6) is 0.229. The molecule has 1 heterocycles. The highest BCUT2D eigenvalue weighted by molar-refractivity contribution is 7.80. The van der Waals surface area contributed by atoms with Gasteiger partial charge in [0.05, 0.1) is 0 Å². The third-order valence-electron chi connectivity index (χ3n) is 2.93. The lowest BCUT2D eigenvalue weighted by atomic mass is 10.1. The third-order valence-corrected chi connectivity index (χ3v) is 3.21. The van der Waals surface area contributed by atoms with Gasteiger partial charge in [-0.15, -0.1) is 5.11 Å². The van der Waals surface area contributed by atoms with Crippen molar-refractivity contribution in [1.82, 2.24) is 0 Å². The van der Waals surface area contributed by atoms with Crippen LogP contribution in [0.3, 0.4) is 0 Å². The molecule has 1 N–H and O–H groups in total. The van der Waals surface area contributed by atoms with Crippen molar-refractivity contribution in [2.75, 3.05) is 4.90 Å². The van der Waals surface area contributed by atoms with Gasteiger partial charge in [-0.25, -0.2) is 0 Å². The molecular weight excluding hydrogens is 258 g/mol. The number of thiocarbonyl (C=S) groups is 1. The maximum Gasteiger partial charge on any atom is 0.222 e. The Hall–Kier alpha value is -2.27.